The summed E-state index contributed by atoms with van der Waals surface area (Å²) in [6.45, 7) is 0. The maximum Gasteiger partial charge on any atom is 0.287 e. The number of anilines is 4. The Balaban J connectivity index is 0.000000116. The van der Waals surface area contributed by atoms with Crippen LogP contribution < -0.4 is 52.0 Å². The molecule has 4 aliphatic rings. The number of nitrogens with zero attached hydrogens (tertiary/aromatic N) is 3. The number of benzene rings is 4. The molecule has 12 aromatic rings. The van der Waals surface area contributed by atoms with E-state index < -0.39 is 47.5 Å². The van der Waals surface area contributed by atoms with Crippen LogP contribution in [0, 0.1) is 0 Å². The van der Waals surface area contributed by atoms with Gasteiger partial charge in [-0.25, -0.2) is 9.97 Å². The van der Waals surface area contributed by atoms with Crippen LogP contribution in [0.3, 0.4) is 0 Å². The number of hydrogen-bond acceptors (Lipinski definition) is 15. The van der Waals surface area contributed by atoms with E-state index in [4.69, 9.17) is 55.9 Å². The molecule has 16 rings (SSSR count). The molecule has 0 saturated heterocycles. The number of carbonyl (C=O) groups is 8. The van der Waals surface area contributed by atoms with Crippen molar-refractivity contribution in [2.45, 2.75) is 41.7 Å². The van der Waals surface area contributed by atoms with E-state index in [1.54, 1.807) is 146 Å². The minimum atomic E-state index is -1.16. The Morgan fingerprint density at radius 3 is 1.57 bits per heavy atom. The average molecular weight is 1400 g/mol. The van der Waals surface area contributed by atoms with Crippen molar-refractivity contribution in [3.05, 3.63) is 212 Å². The van der Waals surface area contributed by atoms with Gasteiger partial charge >= 0.3 is 0 Å². The summed E-state index contributed by atoms with van der Waals surface area (Å²) < 4.78 is 11.6. The van der Waals surface area contributed by atoms with Gasteiger partial charge in [0.2, 0.25) is 11.8 Å². The summed E-state index contributed by atoms with van der Waals surface area (Å²) in [7, 11) is 0. The molecule has 12 heterocycles. The molecule has 4 unspecified atom stereocenters. The van der Waals surface area contributed by atoms with Crippen molar-refractivity contribution < 1.29 is 47.8 Å². The fraction of sp³-hybridized carbons (Fsp3) is 0.0923. The first-order valence-corrected chi connectivity index (χ1v) is 32.1. The summed E-state index contributed by atoms with van der Waals surface area (Å²) in [5, 5.41) is 26.5. The van der Waals surface area contributed by atoms with Crippen molar-refractivity contribution in [3.8, 4) is 11.6 Å². The molecule has 31 heteroatoms. The fourth-order valence-corrected chi connectivity index (χ4v) is 12.9. The standard InChI is InChI=1S/C18H15ClN4O2.C16H11ClN4O3.C16H11ClN4O2S.C15H10ClN3O3S/c19-11-3-4-12-10(8-11)9-16(21-12)18(25)23-15-6-5-13-14(22-17(15)24)2-1-7-20-13;2*17-9-3-4-10-8(6-9)7-12(19-10)13(22)21-16-14(23)20-11-2-1-5-18-15(11)24-16;16-11-6-7-5-9(18-15(7)23-11)12(20)19-14-13(21)17-8-3-1-2-4-10(8)22-14/h1-4,7-9,15,21H,5-6H2,(H,22,24)(H,23,25);2*1-7,16,19H,(H,20,23)(H,21,22);1-6,14,18H,(H,17,21)(H,19,20). The molecular formula is C65H47Cl4N15O10S2. The van der Waals surface area contributed by atoms with Gasteiger partial charge < -0.3 is 71.9 Å². The van der Waals surface area contributed by atoms with Gasteiger partial charge in [-0.2, -0.15) is 0 Å². The second-order valence-corrected chi connectivity index (χ2v) is 25.5. The Bertz CT molecular complexity index is 4920. The minimum absolute atomic E-state index is 0.237. The Morgan fingerprint density at radius 1 is 0.458 bits per heavy atom. The van der Waals surface area contributed by atoms with E-state index in [-0.39, 0.29) is 29.5 Å². The predicted octanol–water partition coefficient (Wildman–Crippen LogP) is 11.2. The highest BCUT2D eigenvalue weighted by atomic mass is 35.5. The molecule has 8 amide bonds. The van der Waals surface area contributed by atoms with Gasteiger partial charge in [0.05, 0.1) is 27.1 Å². The van der Waals surface area contributed by atoms with E-state index in [2.05, 4.69) is 77.4 Å². The van der Waals surface area contributed by atoms with Crippen molar-refractivity contribution in [2.24, 2.45) is 0 Å². The molecule has 0 spiro atoms. The van der Waals surface area contributed by atoms with Gasteiger partial charge in [0.1, 0.15) is 50.1 Å². The highest BCUT2D eigenvalue weighted by Crippen LogP contribution is 2.34. The van der Waals surface area contributed by atoms with Crippen molar-refractivity contribution in [3.63, 3.8) is 0 Å². The highest BCUT2D eigenvalue weighted by Gasteiger charge is 2.33. The van der Waals surface area contributed by atoms with Crippen molar-refractivity contribution >= 4 is 182 Å². The number of pyridine rings is 3. The molecule has 12 N–H and O–H groups in total. The Kier molecular flexibility index (Phi) is 18.3. The quantitative estimate of drug-likeness (QED) is 0.0673. The van der Waals surface area contributed by atoms with E-state index in [0.29, 0.717) is 88.5 Å². The molecule has 25 nitrogen and oxygen atoms in total. The summed E-state index contributed by atoms with van der Waals surface area (Å²) in [6, 6.07) is 41.3. The van der Waals surface area contributed by atoms with Gasteiger partial charge in [-0.05, 0) is 146 Å². The maximum absolute atomic E-state index is 12.5. The summed E-state index contributed by atoms with van der Waals surface area (Å²) >= 11 is 26.3. The number of aryl methyl sites for hydroxylation is 1. The average Bonchev–Trinajstić information content (AvgIpc) is 1.01. The number of thiophene rings is 1. The third-order valence-corrected chi connectivity index (χ3v) is 17.9. The molecule has 8 aromatic heterocycles. The zero-order valence-corrected chi connectivity index (χ0v) is 53.7. The van der Waals surface area contributed by atoms with Crippen LogP contribution in [0.1, 0.15) is 54.1 Å². The molecule has 0 radical (unpaired) electrons. The number of para-hydroxylation sites is 2. The van der Waals surface area contributed by atoms with E-state index in [1.807, 2.05) is 12.1 Å². The summed E-state index contributed by atoms with van der Waals surface area (Å²) in [6.07, 6.45) is 3.74. The number of halogens is 4. The Labute approximate surface area is 569 Å². The molecule has 96 heavy (non-hydrogen) atoms. The molecule has 4 aromatic carbocycles. The number of fused-ring (bicyclic) bond motifs is 8. The minimum Gasteiger partial charge on any atom is -0.459 e. The van der Waals surface area contributed by atoms with E-state index in [1.165, 1.54) is 29.3 Å². The molecule has 4 atom stereocenters. The van der Waals surface area contributed by atoms with Gasteiger partial charge in [0.15, 0.2) is 5.37 Å². The first-order valence-electron chi connectivity index (χ1n) is 28.9. The monoisotopic (exact) mass is 1400 g/mol. The molecule has 0 fully saturated rings. The zero-order valence-electron chi connectivity index (χ0n) is 49.1. The van der Waals surface area contributed by atoms with Crippen molar-refractivity contribution in [1.82, 2.24) is 56.2 Å². The third kappa shape index (κ3) is 14.4. The topological polar surface area (TPSA) is 353 Å². The second kappa shape index (κ2) is 27.6. The third-order valence-electron chi connectivity index (χ3n) is 14.9. The van der Waals surface area contributed by atoms with Crippen LogP contribution >= 0.6 is 69.5 Å². The number of carbonyl (C=O) groups excluding carboxylic acids is 8. The SMILES string of the molecule is O=C(NC1CCc2ncccc2NC1=O)c1cc2cc(Cl)ccc2[nH]1.O=C(NC1Oc2ccccc2NC1=O)c1cc2cc(Cl)sc2[nH]1.O=C(NC1Oc2ncccc2NC1=O)c1cc2cc(Cl)ccc2[nH]1.O=C(NC1Sc2ncccc2NC1=O)c1cc2cc(Cl)ccc2[nH]1. The Morgan fingerprint density at radius 2 is 0.948 bits per heavy atom. The first-order chi connectivity index (χ1) is 46.4. The van der Waals surface area contributed by atoms with Gasteiger partial charge in [0, 0.05) is 71.8 Å². The van der Waals surface area contributed by atoms with Crippen LogP contribution in [0.5, 0.6) is 11.6 Å². The summed E-state index contributed by atoms with van der Waals surface area (Å²) in [5.74, 6) is -2.24. The van der Waals surface area contributed by atoms with Crippen molar-refractivity contribution in [1.29, 1.82) is 0 Å². The normalized spacial score (nSPS) is 16.5. The molecule has 0 aliphatic carbocycles. The molecule has 0 saturated carbocycles. The predicted molar refractivity (Wildman–Crippen MR) is 365 cm³/mol. The van der Waals surface area contributed by atoms with Gasteiger partial charge in [-0.1, -0.05) is 70.3 Å². The number of aromatic amines is 4. The van der Waals surface area contributed by atoms with Gasteiger partial charge in [0.25, 0.3) is 53.8 Å². The number of thioether (sulfide) groups is 1. The zero-order chi connectivity index (χ0) is 66.7. The lowest BCUT2D eigenvalue weighted by Crippen LogP contribution is -2.50. The highest BCUT2D eigenvalue weighted by molar-refractivity contribution is 8.00. The number of nitrogens with one attached hydrogen (secondary N) is 12. The van der Waals surface area contributed by atoms with E-state index in [0.717, 1.165) is 48.6 Å². The lowest BCUT2D eigenvalue weighted by molar-refractivity contribution is -0.125. The lowest BCUT2D eigenvalue weighted by atomic mass is 10.1. The number of hydrogen-bond donors (Lipinski definition) is 12. The number of amides is 8. The maximum atomic E-state index is 12.5. The first kappa shape index (κ1) is 63.8. The lowest BCUT2D eigenvalue weighted by Gasteiger charge is -2.25. The van der Waals surface area contributed by atoms with Crippen LogP contribution in [0.25, 0.3) is 42.9 Å². The number of aromatic nitrogens is 7. The van der Waals surface area contributed by atoms with Crippen LogP contribution in [-0.4, -0.2) is 106 Å². The van der Waals surface area contributed by atoms with Crippen LogP contribution in [0.15, 0.2) is 169 Å². The van der Waals surface area contributed by atoms with Crippen LogP contribution in [0.2, 0.25) is 19.4 Å². The summed E-state index contributed by atoms with van der Waals surface area (Å²) in [5.41, 5.74) is 7.02. The van der Waals surface area contributed by atoms with Gasteiger partial charge in [-0.3, -0.25) is 43.3 Å². The smallest absolute Gasteiger partial charge is 0.287 e. The van der Waals surface area contributed by atoms with Crippen molar-refractivity contribution in [2.75, 3.05) is 21.3 Å². The fourth-order valence-electron chi connectivity index (χ4n) is 10.3. The van der Waals surface area contributed by atoms with E-state index in [9.17, 15) is 38.4 Å². The number of ether oxygens (including phenoxy) is 2. The largest absolute Gasteiger partial charge is 0.459 e. The van der Waals surface area contributed by atoms with Crippen LogP contribution in [-0.2, 0) is 25.6 Å². The van der Waals surface area contributed by atoms with E-state index >= 15 is 0 Å². The molecule has 482 valence electrons. The van der Waals surface area contributed by atoms with Gasteiger partial charge in [-0.15, -0.1) is 11.3 Å². The second-order valence-electron chi connectivity index (χ2n) is 21.4. The number of rotatable bonds is 8. The van der Waals surface area contributed by atoms with Crippen LogP contribution in [0.4, 0.5) is 22.7 Å². The molecule has 0 bridgehead atoms. The molecular weight excluding hydrogens is 1360 g/mol. The molecule has 4 aliphatic heterocycles. The Hall–Kier alpha value is -10.9. The summed E-state index contributed by atoms with van der Waals surface area (Å²) in [4.78, 5) is 124. The number of H-pyrrole nitrogens is 4.